The summed E-state index contributed by atoms with van der Waals surface area (Å²) in [4.78, 5) is 50.6. The molecule has 35 heavy (non-hydrogen) atoms. The minimum Gasteiger partial charge on any atom is -0.462 e. The molecule has 0 radical (unpaired) electrons. The number of hydrogen-bond acceptors (Lipinski definition) is 6. The Balaban J connectivity index is 1.55. The monoisotopic (exact) mass is 483 g/mol. The number of benzene rings is 3. The van der Waals surface area contributed by atoms with Crippen LogP contribution < -0.4 is 5.32 Å². The van der Waals surface area contributed by atoms with E-state index in [1.54, 1.807) is 42.6 Å². The fraction of sp³-hybridized carbons (Fsp3) is 0.0714. The molecular formula is C28H21NO5S. The van der Waals surface area contributed by atoms with Crippen molar-refractivity contribution in [2.45, 2.75) is 6.92 Å². The second-order valence-corrected chi connectivity index (χ2v) is 8.38. The number of ketones is 2. The number of hydrogen-bond donors (Lipinski definition) is 1. The summed E-state index contributed by atoms with van der Waals surface area (Å²) in [6, 6.07) is 23.5. The first kappa shape index (κ1) is 23.8. The molecule has 6 nitrogen and oxygen atoms in total. The van der Waals surface area contributed by atoms with Crippen molar-refractivity contribution in [2.24, 2.45) is 0 Å². The predicted molar refractivity (Wildman–Crippen MR) is 135 cm³/mol. The van der Waals surface area contributed by atoms with Crippen LogP contribution in [0.25, 0.3) is 11.1 Å². The molecule has 1 N–H and O–H groups in total. The van der Waals surface area contributed by atoms with Crippen LogP contribution >= 0.6 is 11.3 Å². The normalized spacial score (nSPS) is 10.4. The zero-order chi connectivity index (χ0) is 24.8. The molecule has 4 aromatic rings. The van der Waals surface area contributed by atoms with Crippen LogP contribution in [0, 0.1) is 0 Å². The van der Waals surface area contributed by atoms with Gasteiger partial charge in [-0.2, -0.15) is 0 Å². The standard InChI is InChI=1S/C28H21NO5S/c1-2-34-28(33)23-22(18-9-5-3-6-10-18)17-35-27(23)29-26(32)21-15-13-20(14-16-21)25(31)24(30)19-11-7-4-8-12-19/h3-17H,2H2,1H3,(H,29,32). The average Bonchev–Trinajstić information content (AvgIpc) is 3.32. The molecule has 0 fully saturated rings. The summed E-state index contributed by atoms with van der Waals surface area (Å²) in [5, 5.41) is 4.95. The largest absolute Gasteiger partial charge is 0.462 e. The molecular weight excluding hydrogens is 462 g/mol. The van der Waals surface area contributed by atoms with Crippen molar-refractivity contribution in [3.05, 3.63) is 113 Å². The van der Waals surface area contributed by atoms with E-state index in [0.717, 1.165) is 5.56 Å². The Morgan fingerprint density at radius 3 is 1.89 bits per heavy atom. The van der Waals surface area contributed by atoms with Gasteiger partial charge in [0, 0.05) is 27.6 Å². The second kappa shape index (κ2) is 10.7. The summed E-state index contributed by atoms with van der Waals surface area (Å²) in [5.41, 5.74) is 2.56. The Bertz CT molecular complexity index is 1380. The summed E-state index contributed by atoms with van der Waals surface area (Å²) in [6.45, 7) is 1.92. The van der Waals surface area contributed by atoms with Crippen molar-refractivity contribution < 1.29 is 23.9 Å². The van der Waals surface area contributed by atoms with E-state index >= 15 is 0 Å². The van der Waals surface area contributed by atoms with E-state index in [4.69, 9.17) is 4.74 Å². The molecule has 0 atom stereocenters. The Kier molecular flexibility index (Phi) is 7.28. The number of esters is 1. The third-order valence-corrected chi connectivity index (χ3v) is 6.13. The molecule has 174 valence electrons. The lowest BCUT2D eigenvalue weighted by Gasteiger charge is -2.09. The molecule has 3 aromatic carbocycles. The fourth-order valence-electron chi connectivity index (χ4n) is 3.49. The lowest BCUT2D eigenvalue weighted by atomic mass is 10.0. The quantitative estimate of drug-likeness (QED) is 0.191. The van der Waals surface area contributed by atoms with Gasteiger partial charge in [-0.15, -0.1) is 11.3 Å². The summed E-state index contributed by atoms with van der Waals surface area (Å²) in [6.07, 6.45) is 0. The van der Waals surface area contributed by atoms with E-state index in [9.17, 15) is 19.2 Å². The summed E-state index contributed by atoms with van der Waals surface area (Å²) >= 11 is 1.23. The van der Waals surface area contributed by atoms with E-state index in [1.165, 1.54) is 35.6 Å². The number of rotatable bonds is 8. The summed E-state index contributed by atoms with van der Waals surface area (Å²) < 4.78 is 5.22. The number of nitrogens with one attached hydrogen (secondary N) is 1. The molecule has 0 unspecified atom stereocenters. The Hall–Kier alpha value is -4.36. The van der Waals surface area contributed by atoms with Gasteiger partial charge in [-0.05, 0) is 24.6 Å². The zero-order valence-electron chi connectivity index (χ0n) is 18.8. The molecule has 0 bridgehead atoms. The number of carbonyl (C=O) groups is 4. The number of ether oxygens (including phenoxy) is 1. The zero-order valence-corrected chi connectivity index (χ0v) is 19.6. The Morgan fingerprint density at radius 1 is 0.743 bits per heavy atom. The van der Waals surface area contributed by atoms with E-state index in [-0.39, 0.29) is 23.3 Å². The molecule has 7 heteroatoms. The molecule has 0 spiro atoms. The molecule has 1 amide bonds. The highest BCUT2D eigenvalue weighted by Crippen LogP contribution is 2.36. The third kappa shape index (κ3) is 5.26. The van der Waals surface area contributed by atoms with Crippen molar-refractivity contribution in [2.75, 3.05) is 11.9 Å². The van der Waals surface area contributed by atoms with Crippen LogP contribution in [0.5, 0.6) is 0 Å². The average molecular weight is 484 g/mol. The number of amides is 1. The van der Waals surface area contributed by atoms with Crippen LogP contribution in [0.3, 0.4) is 0 Å². The smallest absolute Gasteiger partial charge is 0.341 e. The maximum Gasteiger partial charge on any atom is 0.341 e. The van der Waals surface area contributed by atoms with Gasteiger partial charge in [-0.1, -0.05) is 72.8 Å². The number of carbonyl (C=O) groups excluding carboxylic acids is 4. The number of Topliss-reactive ketones (excluding diaryl/α,β-unsaturated/α-hetero) is 2. The van der Waals surface area contributed by atoms with E-state index in [1.807, 2.05) is 30.3 Å². The number of anilines is 1. The molecule has 0 aliphatic rings. The van der Waals surface area contributed by atoms with Crippen LogP contribution in [0.1, 0.15) is 48.4 Å². The molecule has 0 aliphatic carbocycles. The Labute approximate surface area is 206 Å². The lowest BCUT2D eigenvalue weighted by molar-refractivity contribution is 0.0529. The van der Waals surface area contributed by atoms with Gasteiger partial charge in [-0.25, -0.2) is 4.79 Å². The van der Waals surface area contributed by atoms with Crippen molar-refractivity contribution in [1.82, 2.24) is 0 Å². The molecule has 0 saturated carbocycles. The maximum atomic E-state index is 12.9. The maximum absolute atomic E-state index is 12.9. The Morgan fingerprint density at radius 2 is 1.29 bits per heavy atom. The summed E-state index contributed by atoms with van der Waals surface area (Å²) in [5.74, 6) is -2.25. The minimum atomic E-state index is -0.654. The van der Waals surface area contributed by atoms with Crippen LogP contribution in [-0.4, -0.2) is 30.0 Å². The minimum absolute atomic E-state index is 0.185. The van der Waals surface area contributed by atoms with Gasteiger partial charge >= 0.3 is 5.97 Å². The molecule has 1 heterocycles. The van der Waals surface area contributed by atoms with E-state index in [0.29, 0.717) is 16.1 Å². The van der Waals surface area contributed by atoms with Gasteiger partial charge in [-0.3, -0.25) is 14.4 Å². The van der Waals surface area contributed by atoms with Gasteiger partial charge in [0.2, 0.25) is 11.6 Å². The van der Waals surface area contributed by atoms with Crippen molar-refractivity contribution in [1.29, 1.82) is 0 Å². The van der Waals surface area contributed by atoms with Crippen LogP contribution in [0.2, 0.25) is 0 Å². The molecule has 1 aromatic heterocycles. The first-order chi connectivity index (χ1) is 17.0. The van der Waals surface area contributed by atoms with Gasteiger partial charge in [0.05, 0.1) is 6.61 Å². The summed E-state index contributed by atoms with van der Waals surface area (Å²) in [7, 11) is 0. The highest BCUT2D eigenvalue weighted by atomic mass is 32.1. The van der Waals surface area contributed by atoms with Crippen molar-refractivity contribution >= 4 is 39.8 Å². The van der Waals surface area contributed by atoms with Crippen LogP contribution in [0.15, 0.2) is 90.3 Å². The van der Waals surface area contributed by atoms with E-state index < -0.39 is 23.4 Å². The SMILES string of the molecule is CCOC(=O)c1c(-c2ccccc2)csc1NC(=O)c1ccc(C(=O)C(=O)c2ccccc2)cc1. The second-order valence-electron chi connectivity index (χ2n) is 7.50. The molecule has 0 aliphatic heterocycles. The van der Waals surface area contributed by atoms with Crippen molar-refractivity contribution in [3.63, 3.8) is 0 Å². The number of thiophene rings is 1. The van der Waals surface area contributed by atoms with Gasteiger partial charge < -0.3 is 10.1 Å². The van der Waals surface area contributed by atoms with E-state index in [2.05, 4.69) is 5.32 Å². The first-order valence-electron chi connectivity index (χ1n) is 10.9. The van der Waals surface area contributed by atoms with Crippen molar-refractivity contribution in [3.8, 4) is 11.1 Å². The van der Waals surface area contributed by atoms with Crippen LogP contribution in [-0.2, 0) is 4.74 Å². The third-order valence-electron chi connectivity index (χ3n) is 5.23. The lowest BCUT2D eigenvalue weighted by Crippen LogP contribution is -2.16. The first-order valence-corrected chi connectivity index (χ1v) is 11.8. The van der Waals surface area contributed by atoms with Gasteiger partial charge in [0.15, 0.2) is 0 Å². The fourth-order valence-corrected chi connectivity index (χ4v) is 4.44. The van der Waals surface area contributed by atoms with Gasteiger partial charge in [0.25, 0.3) is 5.91 Å². The molecule has 0 saturated heterocycles. The highest BCUT2D eigenvalue weighted by molar-refractivity contribution is 7.15. The highest BCUT2D eigenvalue weighted by Gasteiger charge is 2.23. The predicted octanol–water partition coefficient (Wildman–Crippen LogP) is 5.91. The van der Waals surface area contributed by atoms with Gasteiger partial charge in [0.1, 0.15) is 10.6 Å². The molecule has 4 rings (SSSR count). The topological polar surface area (TPSA) is 89.5 Å². The van der Waals surface area contributed by atoms with Crippen LogP contribution in [0.4, 0.5) is 5.00 Å².